The van der Waals surface area contributed by atoms with Crippen LogP contribution in [0.15, 0.2) is 30.3 Å². The third kappa shape index (κ3) is 3.60. The first-order valence-corrected chi connectivity index (χ1v) is 8.48. The molecule has 0 N–H and O–H groups in total. The molecule has 0 unspecified atom stereocenters. The van der Waals surface area contributed by atoms with E-state index in [9.17, 15) is 9.59 Å². The van der Waals surface area contributed by atoms with E-state index >= 15 is 0 Å². The molecule has 1 aromatic carbocycles. The van der Waals surface area contributed by atoms with E-state index in [4.69, 9.17) is 9.47 Å². The predicted octanol–water partition coefficient (Wildman–Crippen LogP) is 1.45. The molecular weight excluding hydrogens is 308 g/mol. The van der Waals surface area contributed by atoms with Crippen LogP contribution in [0.1, 0.15) is 19.8 Å². The minimum atomic E-state index is -0.355. The van der Waals surface area contributed by atoms with Crippen molar-refractivity contribution < 1.29 is 19.1 Å². The summed E-state index contributed by atoms with van der Waals surface area (Å²) in [5.41, 5.74) is 0.548. The van der Waals surface area contributed by atoms with Gasteiger partial charge in [0.2, 0.25) is 5.91 Å². The molecule has 3 rings (SSSR count). The number of carbonyl (C=O) groups is 2. The maximum absolute atomic E-state index is 12.2. The minimum absolute atomic E-state index is 0.0123. The largest absolute Gasteiger partial charge is 0.372 e. The quantitative estimate of drug-likeness (QED) is 0.837. The summed E-state index contributed by atoms with van der Waals surface area (Å²) in [5.74, 6) is 0.0141. The number of piperidine rings is 1. The van der Waals surface area contributed by atoms with Crippen LogP contribution in [0.3, 0.4) is 0 Å². The highest BCUT2D eigenvalue weighted by atomic mass is 16.5. The zero-order valence-electron chi connectivity index (χ0n) is 14.1. The Hall–Kier alpha value is -1.92. The summed E-state index contributed by atoms with van der Waals surface area (Å²) in [5, 5.41) is 0. The van der Waals surface area contributed by atoms with Gasteiger partial charge in [-0.3, -0.25) is 9.59 Å². The third-order valence-electron chi connectivity index (χ3n) is 4.77. The number of hydrogen-bond acceptors (Lipinski definition) is 4. The zero-order chi connectivity index (χ0) is 17.0. The lowest BCUT2D eigenvalue weighted by molar-refractivity contribution is -0.152. The van der Waals surface area contributed by atoms with Crippen molar-refractivity contribution in [3.63, 3.8) is 0 Å². The highest BCUT2D eigenvalue weighted by Crippen LogP contribution is 2.32. The van der Waals surface area contributed by atoms with Gasteiger partial charge in [0.15, 0.2) is 0 Å². The van der Waals surface area contributed by atoms with E-state index in [-0.39, 0.29) is 30.6 Å². The van der Waals surface area contributed by atoms with E-state index in [1.54, 1.807) is 4.90 Å². The van der Waals surface area contributed by atoms with Crippen molar-refractivity contribution in [3.05, 3.63) is 30.3 Å². The van der Waals surface area contributed by atoms with Gasteiger partial charge < -0.3 is 19.3 Å². The smallest absolute Gasteiger partial charge is 0.253 e. The molecule has 1 aromatic rings. The maximum atomic E-state index is 12.2. The molecule has 2 aliphatic rings. The molecule has 0 bridgehead atoms. The Morgan fingerprint density at radius 2 is 1.96 bits per heavy atom. The van der Waals surface area contributed by atoms with Crippen LogP contribution in [-0.2, 0) is 19.1 Å². The SMILES string of the molecule is CCOCC(=O)N1CCC2(CC1)CN(c1ccccc1)C(=O)CO2. The minimum Gasteiger partial charge on any atom is -0.372 e. The molecule has 0 aromatic heterocycles. The van der Waals surface area contributed by atoms with Crippen LogP contribution >= 0.6 is 0 Å². The molecule has 1 spiro atoms. The Bertz CT molecular complexity index is 582. The number of anilines is 1. The van der Waals surface area contributed by atoms with Gasteiger partial charge in [0.25, 0.3) is 5.91 Å². The zero-order valence-corrected chi connectivity index (χ0v) is 14.1. The van der Waals surface area contributed by atoms with Gasteiger partial charge in [-0.05, 0) is 31.9 Å². The van der Waals surface area contributed by atoms with Crippen LogP contribution in [-0.4, -0.2) is 61.8 Å². The summed E-state index contributed by atoms with van der Waals surface area (Å²) in [4.78, 5) is 27.9. The third-order valence-corrected chi connectivity index (χ3v) is 4.77. The Morgan fingerprint density at radius 1 is 1.25 bits per heavy atom. The van der Waals surface area contributed by atoms with Gasteiger partial charge in [-0.2, -0.15) is 0 Å². The molecule has 2 amide bonds. The summed E-state index contributed by atoms with van der Waals surface area (Å²) in [6, 6.07) is 9.68. The molecule has 0 saturated carbocycles. The summed E-state index contributed by atoms with van der Waals surface area (Å²) in [6.07, 6.45) is 1.48. The van der Waals surface area contributed by atoms with Crippen LogP contribution in [0.2, 0.25) is 0 Å². The van der Waals surface area contributed by atoms with Gasteiger partial charge in [0.05, 0.1) is 12.1 Å². The lowest BCUT2D eigenvalue weighted by Crippen LogP contribution is -2.59. The van der Waals surface area contributed by atoms with Gasteiger partial charge in [-0.15, -0.1) is 0 Å². The van der Waals surface area contributed by atoms with E-state index in [2.05, 4.69) is 0 Å². The van der Waals surface area contributed by atoms with Crippen molar-refractivity contribution >= 4 is 17.5 Å². The van der Waals surface area contributed by atoms with E-state index in [1.807, 2.05) is 42.2 Å². The number of para-hydroxylation sites is 1. The molecule has 0 radical (unpaired) electrons. The number of amides is 2. The Morgan fingerprint density at radius 3 is 2.62 bits per heavy atom. The summed E-state index contributed by atoms with van der Waals surface area (Å²) < 4.78 is 11.1. The molecule has 6 heteroatoms. The van der Waals surface area contributed by atoms with E-state index in [0.717, 1.165) is 18.5 Å². The number of morpholine rings is 1. The fourth-order valence-corrected chi connectivity index (χ4v) is 3.30. The first kappa shape index (κ1) is 16.9. The summed E-state index contributed by atoms with van der Waals surface area (Å²) in [7, 11) is 0. The fraction of sp³-hybridized carbons (Fsp3) is 0.556. The van der Waals surface area contributed by atoms with Crippen molar-refractivity contribution in [1.29, 1.82) is 0 Å². The number of carbonyl (C=O) groups excluding carboxylic acids is 2. The highest BCUT2D eigenvalue weighted by Gasteiger charge is 2.43. The van der Waals surface area contributed by atoms with Gasteiger partial charge >= 0.3 is 0 Å². The van der Waals surface area contributed by atoms with Crippen LogP contribution in [0.5, 0.6) is 0 Å². The van der Waals surface area contributed by atoms with Crippen molar-refractivity contribution in [3.8, 4) is 0 Å². The van der Waals surface area contributed by atoms with E-state index < -0.39 is 0 Å². The van der Waals surface area contributed by atoms with Crippen molar-refractivity contribution in [1.82, 2.24) is 4.90 Å². The van der Waals surface area contributed by atoms with Gasteiger partial charge in [-0.25, -0.2) is 0 Å². The monoisotopic (exact) mass is 332 g/mol. The van der Waals surface area contributed by atoms with Gasteiger partial charge in [0, 0.05) is 25.4 Å². The molecule has 2 aliphatic heterocycles. The maximum Gasteiger partial charge on any atom is 0.253 e. The summed E-state index contributed by atoms with van der Waals surface area (Å²) in [6.45, 7) is 4.49. The Labute approximate surface area is 142 Å². The Balaban J connectivity index is 1.63. The molecule has 130 valence electrons. The van der Waals surface area contributed by atoms with Crippen LogP contribution in [0, 0.1) is 0 Å². The molecule has 2 fully saturated rings. The molecule has 0 atom stereocenters. The van der Waals surface area contributed by atoms with Crippen molar-refractivity contribution in [2.24, 2.45) is 0 Å². The number of rotatable bonds is 4. The van der Waals surface area contributed by atoms with Crippen molar-refractivity contribution in [2.75, 3.05) is 44.4 Å². The predicted molar refractivity (Wildman–Crippen MR) is 89.8 cm³/mol. The molecule has 0 aliphatic carbocycles. The first-order chi connectivity index (χ1) is 11.6. The normalized spacial score (nSPS) is 20.5. The second kappa shape index (κ2) is 7.32. The molecule has 24 heavy (non-hydrogen) atoms. The number of ether oxygens (including phenoxy) is 2. The highest BCUT2D eigenvalue weighted by molar-refractivity contribution is 5.95. The number of nitrogens with zero attached hydrogens (tertiary/aromatic N) is 2. The first-order valence-electron chi connectivity index (χ1n) is 8.48. The average Bonchev–Trinajstić information content (AvgIpc) is 2.63. The van der Waals surface area contributed by atoms with Crippen LogP contribution in [0.25, 0.3) is 0 Å². The number of hydrogen-bond donors (Lipinski definition) is 0. The van der Waals surface area contributed by atoms with E-state index in [0.29, 0.717) is 26.2 Å². The Kier molecular flexibility index (Phi) is 5.16. The van der Waals surface area contributed by atoms with Gasteiger partial charge in [-0.1, -0.05) is 18.2 Å². The number of benzene rings is 1. The van der Waals surface area contributed by atoms with E-state index in [1.165, 1.54) is 0 Å². The molecular formula is C18H24N2O4. The molecule has 6 nitrogen and oxygen atoms in total. The second-order valence-electron chi connectivity index (χ2n) is 6.31. The van der Waals surface area contributed by atoms with Gasteiger partial charge in [0.1, 0.15) is 13.2 Å². The van der Waals surface area contributed by atoms with Crippen LogP contribution < -0.4 is 4.90 Å². The summed E-state index contributed by atoms with van der Waals surface area (Å²) >= 11 is 0. The average molecular weight is 332 g/mol. The fourth-order valence-electron chi connectivity index (χ4n) is 3.30. The number of likely N-dealkylation sites (tertiary alicyclic amines) is 1. The lowest BCUT2D eigenvalue weighted by atomic mass is 9.89. The molecule has 2 saturated heterocycles. The standard InChI is InChI=1S/C18H24N2O4/c1-2-23-12-16(21)19-10-8-18(9-11-19)14-20(17(22)13-24-18)15-6-4-3-5-7-15/h3-7H,2,8-14H2,1H3. The lowest BCUT2D eigenvalue weighted by Gasteiger charge is -2.47. The molecule has 2 heterocycles. The topological polar surface area (TPSA) is 59.1 Å². The van der Waals surface area contributed by atoms with Crippen molar-refractivity contribution in [2.45, 2.75) is 25.4 Å². The second-order valence-corrected chi connectivity index (χ2v) is 6.31. The van der Waals surface area contributed by atoms with Crippen LogP contribution in [0.4, 0.5) is 5.69 Å².